The number of aromatic nitrogens is 2. The third kappa shape index (κ3) is 2.98. The van der Waals surface area contributed by atoms with Gasteiger partial charge < -0.3 is 15.6 Å². The number of nitrogens with zero attached hydrogens (tertiary/aromatic N) is 2. The number of nitrogens with two attached hydrogens (primary N) is 1. The number of rotatable bonds is 4. The maximum atomic E-state index is 11.3. The van der Waals surface area contributed by atoms with Crippen LogP contribution in [0.4, 0.5) is 0 Å². The molecular weight excluding hydrogens is 210 g/mol. The number of hydrogen-bond donors (Lipinski definition) is 2. The van der Waals surface area contributed by atoms with E-state index in [-0.39, 0.29) is 6.61 Å². The largest absolute Gasteiger partial charge is 0.465 e. The van der Waals surface area contributed by atoms with E-state index in [1.807, 2.05) is 0 Å². The van der Waals surface area contributed by atoms with Crippen LogP contribution in [0.3, 0.4) is 0 Å². The molecule has 0 radical (unpaired) electrons. The lowest BCUT2D eigenvalue weighted by Crippen LogP contribution is -2.38. The molecule has 3 N–H and O–H groups in total. The van der Waals surface area contributed by atoms with Gasteiger partial charge in [0.15, 0.2) is 0 Å². The van der Waals surface area contributed by atoms with Crippen molar-refractivity contribution in [3.05, 3.63) is 23.8 Å². The molecule has 0 amide bonds. The van der Waals surface area contributed by atoms with Crippen LogP contribution in [-0.4, -0.2) is 33.7 Å². The van der Waals surface area contributed by atoms with Crippen molar-refractivity contribution in [2.45, 2.75) is 26.0 Å². The van der Waals surface area contributed by atoms with Gasteiger partial charge in [0.1, 0.15) is 18.0 Å². The third-order valence-corrected chi connectivity index (χ3v) is 2.00. The van der Waals surface area contributed by atoms with Crippen LogP contribution >= 0.6 is 0 Å². The van der Waals surface area contributed by atoms with E-state index in [1.165, 1.54) is 12.3 Å². The Hall–Kier alpha value is -1.53. The lowest BCUT2D eigenvalue weighted by Gasteiger charge is -2.16. The van der Waals surface area contributed by atoms with E-state index in [0.717, 1.165) is 0 Å². The first-order chi connectivity index (χ1) is 7.56. The Balaban J connectivity index is 2.77. The molecule has 0 aliphatic rings. The minimum absolute atomic E-state index is 0.224. The van der Waals surface area contributed by atoms with Crippen LogP contribution in [-0.2, 0) is 9.53 Å². The molecule has 2 atom stereocenters. The summed E-state index contributed by atoms with van der Waals surface area (Å²) >= 11 is 0. The van der Waals surface area contributed by atoms with Crippen molar-refractivity contribution >= 4 is 5.97 Å². The number of aryl methyl sites for hydroxylation is 1. The number of aliphatic hydroxyl groups is 1. The van der Waals surface area contributed by atoms with E-state index in [9.17, 15) is 9.90 Å². The van der Waals surface area contributed by atoms with Crippen molar-refractivity contribution in [3.8, 4) is 0 Å². The van der Waals surface area contributed by atoms with E-state index < -0.39 is 18.1 Å². The van der Waals surface area contributed by atoms with Gasteiger partial charge in [-0.15, -0.1) is 0 Å². The standard InChI is InChI=1S/C10H15N3O3/c1-3-16-10(15)8(11)9(14)7-4-5-12-6(2)13-7/h4-5,8-9,14H,3,11H2,1-2H3. The van der Waals surface area contributed by atoms with E-state index in [2.05, 4.69) is 9.97 Å². The Bertz CT molecular complexity index is 370. The van der Waals surface area contributed by atoms with Gasteiger partial charge in [0.25, 0.3) is 0 Å². The van der Waals surface area contributed by atoms with Crippen molar-refractivity contribution in [2.75, 3.05) is 6.61 Å². The summed E-state index contributed by atoms with van der Waals surface area (Å²) < 4.78 is 4.71. The van der Waals surface area contributed by atoms with Gasteiger partial charge in [-0.25, -0.2) is 9.97 Å². The molecule has 16 heavy (non-hydrogen) atoms. The van der Waals surface area contributed by atoms with Crippen molar-refractivity contribution in [2.24, 2.45) is 5.73 Å². The highest BCUT2D eigenvalue weighted by molar-refractivity contribution is 5.76. The zero-order valence-corrected chi connectivity index (χ0v) is 9.25. The average molecular weight is 225 g/mol. The SMILES string of the molecule is CCOC(=O)C(N)C(O)c1ccnc(C)n1. The minimum atomic E-state index is -1.18. The number of carbonyl (C=O) groups excluding carboxylic acids is 1. The summed E-state index contributed by atoms with van der Waals surface area (Å²) in [6, 6.07) is 0.380. The van der Waals surface area contributed by atoms with Crippen LogP contribution < -0.4 is 5.73 Å². The predicted molar refractivity (Wildman–Crippen MR) is 56.3 cm³/mol. The van der Waals surface area contributed by atoms with Gasteiger partial charge in [-0.1, -0.05) is 0 Å². The molecule has 88 valence electrons. The van der Waals surface area contributed by atoms with Crippen LogP contribution in [0.5, 0.6) is 0 Å². The molecule has 0 fully saturated rings. The van der Waals surface area contributed by atoms with E-state index in [0.29, 0.717) is 11.5 Å². The second-order valence-corrected chi connectivity index (χ2v) is 3.25. The Kier molecular flexibility index (Phi) is 4.33. The Labute approximate surface area is 93.5 Å². The van der Waals surface area contributed by atoms with E-state index in [4.69, 9.17) is 10.5 Å². The zero-order valence-electron chi connectivity index (χ0n) is 9.25. The average Bonchev–Trinajstić information content (AvgIpc) is 2.27. The fourth-order valence-corrected chi connectivity index (χ4v) is 1.19. The minimum Gasteiger partial charge on any atom is -0.465 e. The molecule has 0 saturated carbocycles. The highest BCUT2D eigenvalue weighted by Gasteiger charge is 2.26. The summed E-state index contributed by atoms with van der Waals surface area (Å²) in [5.41, 5.74) is 5.86. The highest BCUT2D eigenvalue weighted by Crippen LogP contribution is 2.13. The van der Waals surface area contributed by atoms with Gasteiger partial charge in [-0.3, -0.25) is 4.79 Å². The summed E-state index contributed by atoms with van der Waals surface area (Å²) in [4.78, 5) is 19.2. The molecule has 6 nitrogen and oxygen atoms in total. The summed E-state index contributed by atoms with van der Waals surface area (Å²) in [5, 5.41) is 9.79. The molecule has 1 heterocycles. The van der Waals surface area contributed by atoms with Crippen molar-refractivity contribution in [1.82, 2.24) is 9.97 Å². The first kappa shape index (κ1) is 12.5. The number of hydrogen-bond acceptors (Lipinski definition) is 6. The van der Waals surface area contributed by atoms with Gasteiger partial charge in [-0.05, 0) is 19.9 Å². The van der Waals surface area contributed by atoms with Crippen LogP contribution in [0.2, 0.25) is 0 Å². The maximum Gasteiger partial charge on any atom is 0.326 e. The first-order valence-electron chi connectivity index (χ1n) is 4.96. The molecule has 0 aromatic carbocycles. The fraction of sp³-hybridized carbons (Fsp3) is 0.500. The summed E-state index contributed by atoms with van der Waals surface area (Å²) in [5.74, 6) is -0.140. The summed E-state index contributed by atoms with van der Waals surface area (Å²) in [6.07, 6.45) is 0.319. The predicted octanol–water partition coefficient (Wildman–Crippen LogP) is -0.291. The molecule has 1 rings (SSSR count). The van der Waals surface area contributed by atoms with Crippen LogP contribution in [0.1, 0.15) is 24.5 Å². The van der Waals surface area contributed by atoms with Crippen molar-refractivity contribution < 1.29 is 14.6 Å². The van der Waals surface area contributed by atoms with Crippen LogP contribution in [0, 0.1) is 6.92 Å². The molecule has 0 spiro atoms. The maximum absolute atomic E-state index is 11.3. The van der Waals surface area contributed by atoms with Crippen LogP contribution in [0.15, 0.2) is 12.3 Å². The molecule has 0 aliphatic carbocycles. The lowest BCUT2D eigenvalue weighted by molar-refractivity contribution is -0.147. The van der Waals surface area contributed by atoms with Gasteiger partial charge >= 0.3 is 5.97 Å². The van der Waals surface area contributed by atoms with Gasteiger partial charge in [0, 0.05) is 6.20 Å². The zero-order chi connectivity index (χ0) is 12.1. The van der Waals surface area contributed by atoms with E-state index >= 15 is 0 Å². The number of esters is 1. The Morgan fingerprint density at radius 1 is 1.69 bits per heavy atom. The second-order valence-electron chi connectivity index (χ2n) is 3.25. The fourth-order valence-electron chi connectivity index (χ4n) is 1.19. The third-order valence-electron chi connectivity index (χ3n) is 2.00. The Morgan fingerprint density at radius 3 is 2.94 bits per heavy atom. The van der Waals surface area contributed by atoms with Gasteiger partial charge in [0.2, 0.25) is 0 Å². The summed E-state index contributed by atoms with van der Waals surface area (Å²) in [7, 11) is 0. The quantitative estimate of drug-likeness (QED) is 0.683. The molecule has 0 aliphatic heterocycles. The molecule has 0 bridgehead atoms. The number of aliphatic hydroxyl groups excluding tert-OH is 1. The van der Waals surface area contributed by atoms with Crippen LogP contribution in [0.25, 0.3) is 0 Å². The van der Waals surface area contributed by atoms with Crippen molar-refractivity contribution in [1.29, 1.82) is 0 Å². The smallest absolute Gasteiger partial charge is 0.326 e. The first-order valence-corrected chi connectivity index (χ1v) is 4.96. The van der Waals surface area contributed by atoms with Crippen molar-refractivity contribution in [3.63, 3.8) is 0 Å². The molecule has 1 aromatic heterocycles. The highest BCUT2D eigenvalue weighted by atomic mass is 16.5. The van der Waals surface area contributed by atoms with Gasteiger partial charge in [0.05, 0.1) is 12.3 Å². The monoisotopic (exact) mass is 225 g/mol. The molecule has 6 heteroatoms. The lowest BCUT2D eigenvalue weighted by atomic mass is 10.1. The summed E-state index contributed by atoms with van der Waals surface area (Å²) in [6.45, 7) is 3.58. The second kappa shape index (κ2) is 5.53. The Morgan fingerprint density at radius 2 is 2.38 bits per heavy atom. The number of carbonyl (C=O) groups is 1. The number of ether oxygens (including phenoxy) is 1. The van der Waals surface area contributed by atoms with Gasteiger partial charge in [-0.2, -0.15) is 0 Å². The molecule has 2 unspecified atom stereocenters. The topological polar surface area (TPSA) is 98.3 Å². The molecular formula is C10H15N3O3. The molecule has 0 saturated heterocycles. The molecule has 1 aromatic rings. The normalized spacial score (nSPS) is 14.2. The van der Waals surface area contributed by atoms with E-state index in [1.54, 1.807) is 13.8 Å².